The van der Waals surface area contributed by atoms with Gasteiger partial charge in [0.2, 0.25) is 0 Å². The fourth-order valence-corrected chi connectivity index (χ4v) is 2.21. The Morgan fingerprint density at radius 1 is 0.609 bits per heavy atom. The van der Waals surface area contributed by atoms with E-state index in [9.17, 15) is 25.9 Å². The van der Waals surface area contributed by atoms with Crippen LogP contribution in [0.5, 0.6) is 0 Å². The van der Waals surface area contributed by atoms with Gasteiger partial charge in [0.05, 0.1) is 9.79 Å². The molecule has 11 heteroatoms. The van der Waals surface area contributed by atoms with Crippen LogP contribution in [-0.2, 0) is 37.3 Å². The third-order valence-electron chi connectivity index (χ3n) is 2.34. The second-order valence-electron chi connectivity index (χ2n) is 4.05. The van der Waals surface area contributed by atoms with Crippen molar-refractivity contribution >= 4 is 31.6 Å². The molecule has 0 aromatic heterocycles. The van der Waals surface area contributed by atoms with Crippen LogP contribution in [0.2, 0.25) is 0 Å². The monoisotopic (exact) mass is 407 g/mol. The molecule has 0 bridgehead atoms. The van der Waals surface area contributed by atoms with Gasteiger partial charge in [0.15, 0.2) is 0 Å². The van der Waals surface area contributed by atoms with Crippen LogP contribution in [0.3, 0.4) is 0 Å². The minimum atomic E-state index is -4.33. The molecule has 8 nitrogen and oxygen atoms in total. The van der Waals surface area contributed by atoms with Gasteiger partial charge in [-0.25, -0.2) is 16.8 Å². The molecular formula is C12H12CuN2O6S2. The Bertz CT molecular complexity index is 761. The van der Waals surface area contributed by atoms with E-state index in [1.165, 1.54) is 48.5 Å². The minimum Gasteiger partial charge on any atom is -0.744 e. The zero-order valence-corrected chi connectivity index (χ0v) is 13.9. The molecule has 129 valence electrons. The van der Waals surface area contributed by atoms with Crippen molar-refractivity contribution in [1.29, 1.82) is 0 Å². The summed E-state index contributed by atoms with van der Waals surface area (Å²) in [5, 5.41) is 0. The molecule has 0 amide bonds. The maximum atomic E-state index is 10.3. The van der Waals surface area contributed by atoms with Crippen LogP contribution in [0.4, 0.5) is 11.4 Å². The van der Waals surface area contributed by atoms with Crippen molar-refractivity contribution in [2.45, 2.75) is 9.79 Å². The first-order chi connectivity index (χ1) is 10.00. The molecule has 0 aliphatic heterocycles. The third-order valence-corrected chi connectivity index (χ3v) is 4.04. The summed E-state index contributed by atoms with van der Waals surface area (Å²) in [4.78, 5) is -0.515. The van der Waals surface area contributed by atoms with Gasteiger partial charge in [0, 0.05) is 11.4 Å². The zero-order valence-electron chi connectivity index (χ0n) is 11.3. The van der Waals surface area contributed by atoms with Crippen molar-refractivity contribution in [3.05, 3.63) is 48.5 Å². The number of rotatable bonds is 2. The molecule has 1 radical (unpaired) electrons. The molecule has 2 rings (SSSR count). The second-order valence-corrected chi connectivity index (χ2v) is 6.81. The Kier molecular flexibility index (Phi) is 7.71. The summed E-state index contributed by atoms with van der Waals surface area (Å²) in [6.45, 7) is 0. The maximum Gasteiger partial charge on any atom is 2.00 e. The van der Waals surface area contributed by atoms with E-state index >= 15 is 0 Å². The van der Waals surface area contributed by atoms with Crippen LogP contribution >= 0.6 is 0 Å². The third kappa shape index (κ3) is 7.46. The van der Waals surface area contributed by atoms with Gasteiger partial charge >= 0.3 is 17.1 Å². The summed E-state index contributed by atoms with van der Waals surface area (Å²) in [5.74, 6) is 0. The number of nitrogens with two attached hydrogens (primary N) is 2. The maximum absolute atomic E-state index is 10.3. The van der Waals surface area contributed by atoms with E-state index in [2.05, 4.69) is 0 Å². The van der Waals surface area contributed by atoms with E-state index in [-0.39, 0.29) is 26.9 Å². The van der Waals surface area contributed by atoms with Crippen LogP contribution < -0.4 is 11.5 Å². The average Bonchev–Trinajstić information content (AvgIpc) is 2.38. The van der Waals surface area contributed by atoms with E-state index in [1.807, 2.05) is 0 Å². The Morgan fingerprint density at radius 3 is 1.00 bits per heavy atom. The molecule has 0 spiro atoms. The Hall–Kier alpha value is -1.62. The zero-order chi connectivity index (χ0) is 17.0. The van der Waals surface area contributed by atoms with E-state index in [4.69, 9.17) is 11.5 Å². The van der Waals surface area contributed by atoms with E-state index < -0.39 is 20.2 Å². The number of benzene rings is 2. The Labute approximate surface area is 144 Å². The van der Waals surface area contributed by atoms with Gasteiger partial charge < -0.3 is 20.6 Å². The largest absolute Gasteiger partial charge is 2.00 e. The van der Waals surface area contributed by atoms with Crippen LogP contribution in [0.15, 0.2) is 58.3 Å². The van der Waals surface area contributed by atoms with Crippen molar-refractivity contribution < 1.29 is 43.0 Å². The molecule has 0 saturated carbocycles. The molecule has 23 heavy (non-hydrogen) atoms. The molecule has 2 aromatic rings. The average molecular weight is 408 g/mol. The molecule has 2 aromatic carbocycles. The number of hydrogen-bond acceptors (Lipinski definition) is 8. The smallest absolute Gasteiger partial charge is 0.744 e. The van der Waals surface area contributed by atoms with Gasteiger partial charge in [-0.3, -0.25) is 0 Å². The Morgan fingerprint density at radius 2 is 0.826 bits per heavy atom. The Balaban J connectivity index is 0.000000403. The van der Waals surface area contributed by atoms with Crippen LogP contribution in [0.25, 0.3) is 0 Å². The van der Waals surface area contributed by atoms with Crippen LogP contribution in [0.1, 0.15) is 0 Å². The normalized spacial score (nSPS) is 10.9. The molecule has 0 fully saturated rings. The summed E-state index contributed by atoms with van der Waals surface area (Å²) in [5.41, 5.74) is 11.4. The molecule has 0 aliphatic rings. The molecule has 0 heterocycles. The van der Waals surface area contributed by atoms with Gasteiger partial charge in [-0.2, -0.15) is 0 Å². The summed E-state index contributed by atoms with van der Waals surface area (Å²) in [6, 6.07) is 10.2. The fourth-order valence-electron chi connectivity index (χ4n) is 1.27. The molecule has 4 N–H and O–H groups in total. The van der Waals surface area contributed by atoms with Gasteiger partial charge in [-0.1, -0.05) is 0 Å². The van der Waals surface area contributed by atoms with Crippen molar-refractivity contribution in [3.8, 4) is 0 Å². The first-order valence-electron chi connectivity index (χ1n) is 5.63. The van der Waals surface area contributed by atoms with E-state index in [0.717, 1.165) is 0 Å². The van der Waals surface area contributed by atoms with Gasteiger partial charge in [-0.15, -0.1) is 0 Å². The van der Waals surface area contributed by atoms with Crippen LogP contribution in [0, 0.1) is 0 Å². The summed E-state index contributed by atoms with van der Waals surface area (Å²) in [7, 11) is -8.65. The predicted molar refractivity (Wildman–Crippen MR) is 77.6 cm³/mol. The first kappa shape index (κ1) is 21.4. The van der Waals surface area contributed by atoms with Gasteiger partial charge in [0.1, 0.15) is 20.2 Å². The standard InChI is InChI=1S/2C6H7NO3S.Cu/c2*7-5-1-3-6(4-2-5)11(8,9)10;/h2*1-4H,7H2,(H,8,9,10);/q;;+2/p-2. The van der Waals surface area contributed by atoms with E-state index in [0.29, 0.717) is 11.4 Å². The van der Waals surface area contributed by atoms with Crippen molar-refractivity contribution in [1.82, 2.24) is 0 Å². The SMILES string of the molecule is Nc1ccc(S(=O)(=O)[O-])cc1.Nc1ccc(S(=O)(=O)[O-])cc1.[Cu+2]. The van der Waals surface area contributed by atoms with Crippen molar-refractivity contribution in [2.24, 2.45) is 0 Å². The number of anilines is 2. The topological polar surface area (TPSA) is 166 Å². The number of hydrogen-bond donors (Lipinski definition) is 2. The van der Waals surface area contributed by atoms with Gasteiger partial charge in [0.25, 0.3) is 0 Å². The van der Waals surface area contributed by atoms with Crippen LogP contribution in [-0.4, -0.2) is 25.9 Å². The van der Waals surface area contributed by atoms with E-state index in [1.54, 1.807) is 0 Å². The van der Waals surface area contributed by atoms with Gasteiger partial charge in [-0.05, 0) is 48.5 Å². The molecule has 0 atom stereocenters. The first-order valence-corrected chi connectivity index (χ1v) is 8.44. The van der Waals surface area contributed by atoms with Crippen molar-refractivity contribution in [3.63, 3.8) is 0 Å². The molecule has 0 unspecified atom stereocenters. The molecular weight excluding hydrogens is 396 g/mol. The summed E-state index contributed by atoms with van der Waals surface area (Å²) in [6.07, 6.45) is 0. The van der Waals surface area contributed by atoms with Crippen molar-refractivity contribution in [2.75, 3.05) is 11.5 Å². The predicted octanol–water partition coefficient (Wildman–Crippen LogP) is 0.343. The minimum absolute atomic E-state index is 0. The fraction of sp³-hybridized carbons (Fsp3) is 0. The second kappa shape index (κ2) is 8.29. The summed E-state index contributed by atoms with van der Waals surface area (Å²) < 4.78 is 62.1. The summed E-state index contributed by atoms with van der Waals surface area (Å²) >= 11 is 0. The quantitative estimate of drug-likeness (QED) is 0.408. The molecule has 0 aliphatic carbocycles. The molecule has 0 saturated heterocycles. The number of nitrogen functional groups attached to an aromatic ring is 2.